The van der Waals surface area contributed by atoms with Gasteiger partial charge in [-0.05, 0) is 50.7 Å². The number of aromatic hydroxyl groups is 1. The molecule has 0 aliphatic heterocycles. The molecule has 3 fully saturated rings. The Morgan fingerprint density at radius 2 is 1.71 bits per heavy atom. The van der Waals surface area contributed by atoms with Crippen molar-refractivity contribution < 1.29 is 19.4 Å². The summed E-state index contributed by atoms with van der Waals surface area (Å²) >= 11 is 11.8. The third-order valence-electron chi connectivity index (χ3n) is 5.52. The standard InChI is InChI=1S/C17H19Cl2NO4/c1-24-15(23)16-2-5-17(6-3-16,7-4-16)20-14(22)11-8-10(18)9-12(19)13(11)21/h8-9,21H,2-7H2,1H3,(H,20,22). The molecule has 0 aromatic heterocycles. The van der Waals surface area contributed by atoms with Gasteiger partial charge < -0.3 is 15.2 Å². The number of halogens is 2. The molecule has 24 heavy (non-hydrogen) atoms. The van der Waals surface area contributed by atoms with Crippen molar-refractivity contribution in [3.8, 4) is 5.75 Å². The first-order valence-electron chi connectivity index (χ1n) is 7.90. The van der Waals surface area contributed by atoms with Gasteiger partial charge in [0.25, 0.3) is 5.91 Å². The van der Waals surface area contributed by atoms with Crippen LogP contribution in [0.1, 0.15) is 48.9 Å². The van der Waals surface area contributed by atoms with E-state index in [0.717, 1.165) is 0 Å². The van der Waals surface area contributed by atoms with Crippen molar-refractivity contribution in [2.45, 2.75) is 44.1 Å². The summed E-state index contributed by atoms with van der Waals surface area (Å²) in [6.45, 7) is 0. The Morgan fingerprint density at radius 1 is 1.12 bits per heavy atom. The summed E-state index contributed by atoms with van der Waals surface area (Å²) in [4.78, 5) is 24.6. The monoisotopic (exact) mass is 371 g/mol. The van der Waals surface area contributed by atoms with E-state index in [-0.39, 0.29) is 32.9 Å². The van der Waals surface area contributed by atoms with Crippen LogP contribution < -0.4 is 5.32 Å². The molecule has 1 aromatic rings. The predicted molar refractivity (Wildman–Crippen MR) is 90.5 cm³/mol. The number of methoxy groups -OCH3 is 1. The second-order valence-corrected chi connectivity index (χ2v) is 7.63. The van der Waals surface area contributed by atoms with Gasteiger partial charge in [-0.3, -0.25) is 9.59 Å². The Hall–Kier alpha value is -1.46. The number of ether oxygens (including phenoxy) is 1. The van der Waals surface area contributed by atoms with E-state index in [1.54, 1.807) is 0 Å². The molecule has 3 saturated carbocycles. The summed E-state index contributed by atoms with van der Waals surface area (Å²) in [5.41, 5.74) is -0.686. The van der Waals surface area contributed by atoms with Gasteiger partial charge in [-0.25, -0.2) is 0 Å². The maximum Gasteiger partial charge on any atom is 0.311 e. The molecule has 130 valence electrons. The molecule has 7 heteroatoms. The van der Waals surface area contributed by atoms with E-state index in [1.807, 2.05) is 0 Å². The highest BCUT2D eigenvalue weighted by Gasteiger charge is 2.53. The number of hydrogen-bond acceptors (Lipinski definition) is 4. The minimum absolute atomic E-state index is 0.0437. The lowest BCUT2D eigenvalue weighted by Gasteiger charge is -2.52. The van der Waals surface area contributed by atoms with Crippen molar-refractivity contribution >= 4 is 35.1 Å². The van der Waals surface area contributed by atoms with E-state index in [0.29, 0.717) is 38.5 Å². The molecule has 3 aliphatic carbocycles. The second-order valence-electron chi connectivity index (χ2n) is 6.79. The first kappa shape index (κ1) is 17.4. The van der Waals surface area contributed by atoms with Gasteiger partial charge in [-0.1, -0.05) is 23.2 Å². The van der Waals surface area contributed by atoms with Crippen molar-refractivity contribution in [3.63, 3.8) is 0 Å². The van der Waals surface area contributed by atoms with Gasteiger partial charge in [0.15, 0.2) is 0 Å². The Labute approximate surface area is 150 Å². The van der Waals surface area contributed by atoms with Crippen LogP contribution in [-0.4, -0.2) is 29.6 Å². The smallest absolute Gasteiger partial charge is 0.311 e. The van der Waals surface area contributed by atoms with Crippen LogP contribution in [0.2, 0.25) is 10.0 Å². The zero-order valence-corrected chi connectivity index (χ0v) is 14.8. The largest absolute Gasteiger partial charge is 0.506 e. The van der Waals surface area contributed by atoms with Gasteiger partial charge in [-0.15, -0.1) is 0 Å². The minimum atomic E-state index is -0.400. The fraction of sp³-hybridized carbons (Fsp3) is 0.529. The fourth-order valence-corrected chi connectivity index (χ4v) is 4.44. The summed E-state index contributed by atoms with van der Waals surface area (Å²) in [6, 6.07) is 2.79. The molecule has 5 nitrogen and oxygen atoms in total. The first-order chi connectivity index (χ1) is 11.3. The number of rotatable bonds is 3. The summed E-state index contributed by atoms with van der Waals surface area (Å²) in [6.07, 6.45) is 4.22. The average Bonchev–Trinajstić information content (AvgIpc) is 2.58. The molecule has 3 aliphatic rings. The number of carbonyl (C=O) groups excluding carboxylic acids is 2. The molecular weight excluding hydrogens is 353 g/mol. The van der Waals surface area contributed by atoms with Crippen LogP contribution in [0.15, 0.2) is 12.1 Å². The van der Waals surface area contributed by atoms with Gasteiger partial charge in [0, 0.05) is 10.6 Å². The quantitative estimate of drug-likeness (QED) is 0.794. The topological polar surface area (TPSA) is 75.6 Å². The SMILES string of the molecule is COC(=O)C12CCC(NC(=O)c3cc(Cl)cc(Cl)c3O)(CC1)CC2. The maximum absolute atomic E-state index is 12.6. The number of nitrogens with one attached hydrogen (secondary N) is 1. The molecule has 0 saturated heterocycles. The lowest BCUT2D eigenvalue weighted by molar-refractivity contribution is -0.160. The number of benzene rings is 1. The Kier molecular flexibility index (Phi) is 4.43. The van der Waals surface area contributed by atoms with Crippen molar-refractivity contribution in [3.05, 3.63) is 27.7 Å². The number of carbonyl (C=O) groups is 2. The van der Waals surface area contributed by atoms with Crippen LogP contribution in [0, 0.1) is 5.41 Å². The van der Waals surface area contributed by atoms with Crippen molar-refractivity contribution in [1.29, 1.82) is 0 Å². The van der Waals surface area contributed by atoms with Gasteiger partial charge in [0.05, 0.1) is 23.1 Å². The third-order valence-corrected chi connectivity index (χ3v) is 6.02. The zero-order chi connectivity index (χ0) is 17.5. The summed E-state index contributed by atoms with van der Waals surface area (Å²) in [5, 5.41) is 13.4. The third kappa shape index (κ3) is 2.84. The van der Waals surface area contributed by atoms with Crippen LogP contribution in [0.4, 0.5) is 0 Å². The van der Waals surface area contributed by atoms with E-state index in [2.05, 4.69) is 5.32 Å². The molecule has 0 spiro atoms. The number of fused-ring (bicyclic) bond motifs is 3. The van der Waals surface area contributed by atoms with E-state index in [9.17, 15) is 14.7 Å². The first-order valence-corrected chi connectivity index (χ1v) is 8.65. The summed E-state index contributed by atoms with van der Waals surface area (Å²) in [5.74, 6) is -0.823. The van der Waals surface area contributed by atoms with E-state index in [1.165, 1.54) is 19.2 Å². The van der Waals surface area contributed by atoms with E-state index >= 15 is 0 Å². The average molecular weight is 372 g/mol. The van der Waals surface area contributed by atoms with Crippen molar-refractivity contribution in [2.24, 2.45) is 5.41 Å². The highest BCUT2D eigenvalue weighted by Crippen LogP contribution is 2.53. The normalized spacial score (nSPS) is 28.5. The lowest BCUT2D eigenvalue weighted by atomic mass is 9.57. The lowest BCUT2D eigenvalue weighted by Crippen LogP contribution is -2.58. The fourth-order valence-electron chi connectivity index (χ4n) is 3.94. The van der Waals surface area contributed by atoms with E-state index in [4.69, 9.17) is 27.9 Å². The van der Waals surface area contributed by atoms with Crippen LogP contribution in [0.5, 0.6) is 5.75 Å². The molecule has 1 aromatic carbocycles. The molecule has 4 rings (SSSR count). The van der Waals surface area contributed by atoms with Gasteiger partial charge >= 0.3 is 5.97 Å². The van der Waals surface area contributed by atoms with Gasteiger partial charge in [-0.2, -0.15) is 0 Å². The highest BCUT2D eigenvalue weighted by molar-refractivity contribution is 6.36. The van der Waals surface area contributed by atoms with Crippen molar-refractivity contribution in [2.75, 3.05) is 7.11 Å². The molecular formula is C17H19Cl2NO4. The highest BCUT2D eigenvalue weighted by atomic mass is 35.5. The Morgan fingerprint density at radius 3 is 2.25 bits per heavy atom. The number of hydrogen-bond donors (Lipinski definition) is 2. The number of esters is 1. The van der Waals surface area contributed by atoms with Crippen LogP contribution in [0.25, 0.3) is 0 Å². The molecule has 0 atom stereocenters. The molecule has 2 bridgehead atoms. The number of amides is 1. The number of phenolic OH excluding ortho intramolecular Hbond substituents is 1. The molecule has 0 unspecified atom stereocenters. The molecule has 0 heterocycles. The molecule has 1 amide bonds. The Balaban J connectivity index is 1.77. The summed E-state index contributed by atoms with van der Waals surface area (Å²) < 4.78 is 4.95. The maximum atomic E-state index is 12.6. The van der Waals surface area contributed by atoms with Gasteiger partial charge in [0.2, 0.25) is 0 Å². The Bertz CT molecular complexity index is 680. The molecule has 2 N–H and O–H groups in total. The minimum Gasteiger partial charge on any atom is -0.506 e. The second kappa shape index (κ2) is 6.12. The van der Waals surface area contributed by atoms with Crippen LogP contribution in [0.3, 0.4) is 0 Å². The number of phenols is 1. The van der Waals surface area contributed by atoms with Crippen molar-refractivity contribution in [1.82, 2.24) is 5.32 Å². The molecule has 0 radical (unpaired) electrons. The summed E-state index contributed by atoms with van der Waals surface area (Å²) in [7, 11) is 1.42. The van der Waals surface area contributed by atoms with Gasteiger partial charge in [0.1, 0.15) is 5.75 Å². The van der Waals surface area contributed by atoms with E-state index < -0.39 is 11.3 Å². The predicted octanol–water partition coefficient (Wildman–Crippen LogP) is 3.69. The zero-order valence-electron chi connectivity index (χ0n) is 13.3. The van der Waals surface area contributed by atoms with Crippen LogP contribution in [-0.2, 0) is 9.53 Å². The van der Waals surface area contributed by atoms with Crippen LogP contribution >= 0.6 is 23.2 Å².